The minimum atomic E-state index is -0.548. The number of rotatable bonds is 8. The minimum absolute atomic E-state index is 0.00527. The number of benzene rings is 1. The first kappa shape index (κ1) is 19.2. The fraction of sp³-hybridized carbons (Fsp3) is 0.562. The highest BCUT2D eigenvalue weighted by atomic mass is 19.1. The smallest absolute Gasteiger partial charge is 0.407 e. The fourth-order valence-electron chi connectivity index (χ4n) is 1.76. The molecule has 1 aromatic carbocycles. The molecule has 1 amide bonds. The lowest BCUT2D eigenvalue weighted by Crippen LogP contribution is -2.34. The Labute approximate surface area is 136 Å². The summed E-state index contributed by atoms with van der Waals surface area (Å²) in [6.45, 7) is 6.66. The molecule has 3 N–H and O–H groups in total. The van der Waals surface area contributed by atoms with Crippen molar-refractivity contribution in [3.63, 3.8) is 0 Å². The van der Waals surface area contributed by atoms with Gasteiger partial charge in [0.1, 0.15) is 23.8 Å². The zero-order valence-corrected chi connectivity index (χ0v) is 13.8. The monoisotopic (exact) mass is 328 g/mol. The van der Waals surface area contributed by atoms with Gasteiger partial charge in [-0.25, -0.2) is 9.18 Å². The van der Waals surface area contributed by atoms with Gasteiger partial charge in [0, 0.05) is 18.7 Å². The van der Waals surface area contributed by atoms with E-state index in [2.05, 4.69) is 10.6 Å². The summed E-state index contributed by atoms with van der Waals surface area (Å²) < 4.78 is 24.0. The van der Waals surface area contributed by atoms with Crippen molar-refractivity contribution in [3.05, 3.63) is 29.6 Å². The molecule has 0 aliphatic heterocycles. The average molecular weight is 328 g/mol. The van der Waals surface area contributed by atoms with Crippen LogP contribution in [0.5, 0.6) is 5.75 Å². The zero-order chi connectivity index (χ0) is 17.3. The number of ether oxygens (including phenoxy) is 2. The van der Waals surface area contributed by atoms with Gasteiger partial charge in [0.25, 0.3) is 0 Å². The number of amides is 1. The van der Waals surface area contributed by atoms with Gasteiger partial charge in [0.15, 0.2) is 0 Å². The third-order valence-electron chi connectivity index (χ3n) is 2.65. The van der Waals surface area contributed by atoms with Gasteiger partial charge in [-0.2, -0.15) is 0 Å². The van der Waals surface area contributed by atoms with Crippen molar-refractivity contribution in [1.82, 2.24) is 10.6 Å². The van der Waals surface area contributed by atoms with Crippen molar-refractivity contribution in [2.45, 2.75) is 32.9 Å². The van der Waals surface area contributed by atoms with Crippen molar-refractivity contribution in [2.24, 2.45) is 0 Å². The Morgan fingerprint density at radius 2 is 2.04 bits per heavy atom. The molecule has 1 rings (SSSR count). The van der Waals surface area contributed by atoms with E-state index in [4.69, 9.17) is 14.6 Å². The molecule has 23 heavy (non-hydrogen) atoms. The van der Waals surface area contributed by atoms with Gasteiger partial charge in [-0.1, -0.05) is 0 Å². The third-order valence-corrected chi connectivity index (χ3v) is 2.65. The average Bonchev–Trinajstić information content (AvgIpc) is 2.44. The molecule has 0 saturated heterocycles. The molecular weight excluding hydrogens is 303 g/mol. The maximum atomic E-state index is 13.3. The Morgan fingerprint density at radius 1 is 1.30 bits per heavy atom. The predicted molar refractivity (Wildman–Crippen MR) is 84.9 cm³/mol. The van der Waals surface area contributed by atoms with Gasteiger partial charge >= 0.3 is 6.09 Å². The highest BCUT2D eigenvalue weighted by molar-refractivity contribution is 5.67. The SMILES string of the molecule is CC(C)(C)OC(=O)NCCOc1ccc(F)cc1CNCCO. The van der Waals surface area contributed by atoms with Crippen LogP contribution in [-0.2, 0) is 11.3 Å². The van der Waals surface area contributed by atoms with E-state index in [-0.39, 0.29) is 25.6 Å². The van der Waals surface area contributed by atoms with Gasteiger partial charge in [0.05, 0.1) is 13.2 Å². The fourth-order valence-corrected chi connectivity index (χ4v) is 1.76. The second kappa shape index (κ2) is 9.32. The van der Waals surface area contributed by atoms with Crippen LogP contribution in [0.15, 0.2) is 18.2 Å². The Morgan fingerprint density at radius 3 is 2.70 bits per heavy atom. The number of alkyl carbamates (subject to hydrolysis) is 1. The van der Waals surface area contributed by atoms with Crippen LogP contribution in [0, 0.1) is 5.82 Å². The predicted octanol–water partition coefficient (Wildman–Crippen LogP) is 1.81. The Balaban J connectivity index is 2.43. The lowest BCUT2D eigenvalue weighted by molar-refractivity contribution is 0.0520. The van der Waals surface area contributed by atoms with Crippen LogP contribution >= 0.6 is 0 Å². The van der Waals surface area contributed by atoms with E-state index in [0.717, 1.165) is 0 Å². The van der Waals surface area contributed by atoms with E-state index < -0.39 is 11.7 Å². The van der Waals surface area contributed by atoms with Crippen molar-refractivity contribution < 1.29 is 23.8 Å². The van der Waals surface area contributed by atoms with Crippen LogP contribution in [0.2, 0.25) is 0 Å². The zero-order valence-electron chi connectivity index (χ0n) is 13.8. The van der Waals surface area contributed by atoms with E-state index in [0.29, 0.717) is 24.4 Å². The second-order valence-corrected chi connectivity index (χ2v) is 5.93. The standard InChI is InChI=1S/C16H25FN2O4/c1-16(2,3)23-15(21)19-7-9-22-14-5-4-13(17)10-12(14)11-18-6-8-20/h4-5,10,18,20H,6-9,11H2,1-3H3,(H,19,21). The van der Waals surface area contributed by atoms with Gasteiger partial charge in [-0.3, -0.25) is 0 Å². The van der Waals surface area contributed by atoms with Crippen LogP contribution in [0.3, 0.4) is 0 Å². The van der Waals surface area contributed by atoms with Crippen LogP contribution in [0.25, 0.3) is 0 Å². The van der Waals surface area contributed by atoms with Crippen LogP contribution < -0.4 is 15.4 Å². The lowest BCUT2D eigenvalue weighted by atomic mass is 10.2. The largest absolute Gasteiger partial charge is 0.491 e. The van der Waals surface area contributed by atoms with E-state index in [1.165, 1.54) is 12.1 Å². The van der Waals surface area contributed by atoms with E-state index >= 15 is 0 Å². The summed E-state index contributed by atoms with van der Waals surface area (Å²) in [6, 6.07) is 4.23. The first-order valence-corrected chi connectivity index (χ1v) is 7.51. The lowest BCUT2D eigenvalue weighted by Gasteiger charge is -2.19. The van der Waals surface area contributed by atoms with Gasteiger partial charge in [-0.15, -0.1) is 0 Å². The maximum Gasteiger partial charge on any atom is 0.407 e. The summed E-state index contributed by atoms with van der Waals surface area (Å²) in [5.74, 6) is 0.174. The van der Waals surface area contributed by atoms with Crippen molar-refractivity contribution >= 4 is 6.09 Å². The summed E-state index contributed by atoms with van der Waals surface area (Å²) >= 11 is 0. The molecule has 0 fully saturated rings. The molecule has 0 atom stereocenters. The molecule has 0 radical (unpaired) electrons. The molecular formula is C16H25FN2O4. The molecule has 130 valence electrons. The molecule has 0 heterocycles. The van der Waals surface area contributed by atoms with Crippen LogP contribution in [0.1, 0.15) is 26.3 Å². The molecule has 7 heteroatoms. The number of aliphatic hydroxyl groups excluding tert-OH is 1. The number of aliphatic hydroxyl groups is 1. The van der Waals surface area contributed by atoms with E-state index in [1.54, 1.807) is 26.8 Å². The Kier molecular flexibility index (Phi) is 7.77. The number of nitrogens with one attached hydrogen (secondary N) is 2. The number of hydrogen-bond donors (Lipinski definition) is 3. The highest BCUT2D eigenvalue weighted by Crippen LogP contribution is 2.19. The topological polar surface area (TPSA) is 79.8 Å². The van der Waals surface area contributed by atoms with Crippen LogP contribution in [-0.4, -0.2) is 43.1 Å². The molecule has 0 aromatic heterocycles. The van der Waals surface area contributed by atoms with E-state index in [1.807, 2.05) is 0 Å². The summed E-state index contributed by atoms with van der Waals surface area (Å²) in [5, 5.41) is 14.3. The summed E-state index contributed by atoms with van der Waals surface area (Å²) in [5.41, 5.74) is 0.101. The van der Waals surface area contributed by atoms with Crippen molar-refractivity contribution in [3.8, 4) is 5.75 Å². The Hall–Kier alpha value is -1.86. The quantitative estimate of drug-likeness (QED) is 0.634. The van der Waals surface area contributed by atoms with Crippen molar-refractivity contribution in [1.29, 1.82) is 0 Å². The number of carbonyl (C=O) groups excluding carboxylic acids is 1. The summed E-state index contributed by atoms with van der Waals surface area (Å²) in [4.78, 5) is 11.5. The molecule has 0 saturated carbocycles. The van der Waals surface area contributed by atoms with E-state index in [9.17, 15) is 9.18 Å². The number of hydrogen-bond acceptors (Lipinski definition) is 5. The van der Waals surface area contributed by atoms with Gasteiger partial charge in [0.2, 0.25) is 0 Å². The molecule has 0 aliphatic carbocycles. The summed E-state index contributed by atoms with van der Waals surface area (Å²) in [6.07, 6.45) is -0.509. The second-order valence-electron chi connectivity index (χ2n) is 5.93. The first-order chi connectivity index (χ1) is 10.8. The third kappa shape index (κ3) is 8.37. The molecule has 1 aromatic rings. The number of carbonyl (C=O) groups is 1. The molecule has 0 spiro atoms. The van der Waals surface area contributed by atoms with Crippen LogP contribution in [0.4, 0.5) is 9.18 Å². The maximum absolute atomic E-state index is 13.3. The molecule has 0 unspecified atom stereocenters. The molecule has 6 nitrogen and oxygen atoms in total. The van der Waals surface area contributed by atoms with Gasteiger partial charge < -0.3 is 25.2 Å². The van der Waals surface area contributed by atoms with Gasteiger partial charge in [-0.05, 0) is 39.0 Å². The summed E-state index contributed by atoms with van der Waals surface area (Å²) in [7, 11) is 0. The Bertz CT molecular complexity index is 503. The molecule has 0 aliphatic rings. The van der Waals surface area contributed by atoms with Crippen molar-refractivity contribution in [2.75, 3.05) is 26.3 Å². The normalized spacial score (nSPS) is 11.2. The minimum Gasteiger partial charge on any atom is -0.491 e. The number of halogens is 1. The highest BCUT2D eigenvalue weighted by Gasteiger charge is 2.15. The first-order valence-electron chi connectivity index (χ1n) is 7.51. The molecule has 0 bridgehead atoms.